The molecular weight excluding hydrogens is 336 g/mol. The van der Waals surface area contributed by atoms with Crippen LogP contribution < -0.4 is 10.1 Å². The number of phenolic OH excluding ortho intramolecular Hbond substituents is 1. The predicted octanol–water partition coefficient (Wildman–Crippen LogP) is 2.15. The molecule has 2 atom stereocenters. The average Bonchev–Trinajstić information content (AvgIpc) is 2.62. The van der Waals surface area contributed by atoms with Crippen LogP contribution >= 0.6 is 0 Å². The number of phenols is 1. The molecule has 0 spiro atoms. The largest absolute Gasteiger partial charge is 0.504 e. The topological polar surface area (TPSA) is 99.1 Å². The van der Waals surface area contributed by atoms with Gasteiger partial charge in [0.1, 0.15) is 6.54 Å². The number of carboxylic acids is 1. The number of benzene rings is 1. The summed E-state index contributed by atoms with van der Waals surface area (Å²) in [5.74, 6) is -0.596. The number of amides is 1. The van der Waals surface area contributed by atoms with Crippen LogP contribution in [-0.4, -0.2) is 52.9 Å². The van der Waals surface area contributed by atoms with Crippen molar-refractivity contribution in [1.29, 1.82) is 0 Å². The molecular formula is C19H26N2O5. The molecule has 26 heavy (non-hydrogen) atoms. The Bertz CT molecular complexity index is 689. The summed E-state index contributed by atoms with van der Waals surface area (Å²) in [5.41, 5.74) is 1.96. The summed E-state index contributed by atoms with van der Waals surface area (Å²) < 4.78 is 5.27. The summed E-state index contributed by atoms with van der Waals surface area (Å²) in [6, 6.07) is 3.95. The lowest BCUT2D eigenvalue weighted by Gasteiger charge is -2.45. The van der Waals surface area contributed by atoms with Gasteiger partial charge in [-0.05, 0) is 62.7 Å². The molecule has 0 saturated carbocycles. The Labute approximate surface area is 152 Å². The molecule has 3 rings (SSSR count). The zero-order chi connectivity index (χ0) is 18.7. The number of hydrogen-bond acceptors (Lipinski definition) is 5. The van der Waals surface area contributed by atoms with Crippen LogP contribution in [0.1, 0.15) is 37.3 Å². The van der Waals surface area contributed by atoms with Gasteiger partial charge in [0.2, 0.25) is 0 Å². The van der Waals surface area contributed by atoms with E-state index >= 15 is 0 Å². The van der Waals surface area contributed by atoms with E-state index in [4.69, 9.17) is 9.84 Å². The standard InChI is InChI=1S/C19H26N2O5/c1-2-7-21-8-3-4-13-9-14-12(10-15(13)21)5-6-16(22)18(14)26-19(25)20-11-17(23)24/h5-6,13,15,22H,2-4,7-11H2,1H3,(H,20,25)(H,23,24)/t13-,15-/m1/s1. The molecule has 1 aliphatic carbocycles. The average molecular weight is 362 g/mol. The first-order valence-corrected chi connectivity index (χ1v) is 9.24. The first-order valence-electron chi connectivity index (χ1n) is 9.24. The molecule has 0 radical (unpaired) electrons. The molecule has 7 heteroatoms. The number of nitrogens with one attached hydrogen (secondary N) is 1. The van der Waals surface area contributed by atoms with Crippen LogP contribution in [0.2, 0.25) is 0 Å². The van der Waals surface area contributed by atoms with Crippen molar-refractivity contribution in [2.24, 2.45) is 5.92 Å². The van der Waals surface area contributed by atoms with Gasteiger partial charge < -0.3 is 20.3 Å². The maximum atomic E-state index is 11.9. The number of hydrogen-bond donors (Lipinski definition) is 3. The highest BCUT2D eigenvalue weighted by Crippen LogP contribution is 2.42. The van der Waals surface area contributed by atoms with Crippen LogP contribution in [0.3, 0.4) is 0 Å². The number of piperidine rings is 1. The number of carbonyl (C=O) groups is 2. The zero-order valence-corrected chi connectivity index (χ0v) is 15.0. The van der Waals surface area contributed by atoms with Crippen molar-refractivity contribution in [2.45, 2.75) is 45.1 Å². The number of nitrogens with zero attached hydrogens (tertiary/aromatic N) is 1. The van der Waals surface area contributed by atoms with E-state index in [2.05, 4.69) is 17.1 Å². The van der Waals surface area contributed by atoms with Crippen LogP contribution in [0, 0.1) is 5.92 Å². The molecule has 2 aliphatic rings. The monoisotopic (exact) mass is 362 g/mol. The Hall–Kier alpha value is -2.28. The molecule has 1 aromatic rings. The van der Waals surface area contributed by atoms with Crippen LogP contribution in [0.5, 0.6) is 11.5 Å². The van der Waals surface area contributed by atoms with Gasteiger partial charge in [0, 0.05) is 11.6 Å². The lowest BCUT2D eigenvalue weighted by molar-refractivity contribution is -0.135. The van der Waals surface area contributed by atoms with E-state index in [-0.39, 0.29) is 11.5 Å². The maximum absolute atomic E-state index is 11.9. The third-order valence-electron chi connectivity index (χ3n) is 5.36. The number of ether oxygens (including phenoxy) is 1. The van der Waals surface area contributed by atoms with Crippen LogP contribution in [0.25, 0.3) is 0 Å². The molecule has 142 valence electrons. The Morgan fingerprint density at radius 3 is 2.88 bits per heavy atom. The molecule has 0 bridgehead atoms. The molecule has 3 N–H and O–H groups in total. The summed E-state index contributed by atoms with van der Waals surface area (Å²) in [4.78, 5) is 25.0. The van der Waals surface area contributed by atoms with E-state index in [0.717, 1.165) is 56.3 Å². The fraction of sp³-hybridized carbons (Fsp3) is 0.579. The Morgan fingerprint density at radius 2 is 2.15 bits per heavy atom. The maximum Gasteiger partial charge on any atom is 0.413 e. The molecule has 1 aromatic carbocycles. The third kappa shape index (κ3) is 3.93. The van der Waals surface area contributed by atoms with Gasteiger partial charge in [-0.2, -0.15) is 0 Å². The van der Waals surface area contributed by atoms with E-state index in [9.17, 15) is 14.7 Å². The minimum atomic E-state index is -1.15. The highest BCUT2D eigenvalue weighted by Gasteiger charge is 2.37. The second kappa shape index (κ2) is 7.95. The van der Waals surface area contributed by atoms with Gasteiger partial charge >= 0.3 is 12.1 Å². The minimum absolute atomic E-state index is 0.0890. The fourth-order valence-electron chi connectivity index (χ4n) is 4.26. The van der Waals surface area contributed by atoms with Crippen molar-refractivity contribution in [2.75, 3.05) is 19.6 Å². The zero-order valence-electron chi connectivity index (χ0n) is 15.0. The lowest BCUT2D eigenvalue weighted by Crippen LogP contribution is -2.49. The third-order valence-corrected chi connectivity index (χ3v) is 5.36. The number of likely N-dealkylation sites (tertiary alicyclic amines) is 1. The first-order chi connectivity index (χ1) is 12.5. The molecule has 0 aromatic heterocycles. The van der Waals surface area contributed by atoms with Crippen molar-refractivity contribution in [1.82, 2.24) is 10.2 Å². The smallest absolute Gasteiger partial charge is 0.413 e. The van der Waals surface area contributed by atoms with Crippen molar-refractivity contribution >= 4 is 12.1 Å². The first kappa shape index (κ1) is 18.5. The number of carbonyl (C=O) groups excluding carboxylic acids is 1. The number of aromatic hydroxyl groups is 1. The summed E-state index contributed by atoms with van der Waals surface area (Å²) in [5, 5.41) is 21.0. The molecule has 0 unspecified atom stereocenters. The van der Waals surface area contributed by atoms with Gasteiger partial charge in [0.25, 0.3) is 0 Å². The second-order valence-corrected chi connectivity index (χ2v) is 7.10. The fourth-order valence-corrected chi connectivity index (χ4v) is 4.26. The van der Waals surface area contributed by atoms with Crippen molar-refractivity contribution < 1.29 is 24.5 Å². The Balaban J connectivity index is 1.81. The van der Waals surface area contributed by atoms with Gasteiger partial charge in [0.15, 0.2) is 11.5 Å². The van der Waals surface area contributed by atoms with Gasteiger partial charge in [-0.3, -0.25) is 9.69 Å². The summed E-state index contributed by atoms with van der Waals surface area (Å²) in [6.45, 7) is 3.89. The van der Waals surface area contributed by atoms with E-state index in [1.165, 1.54) is 0 Å². The van der Waals surface area contributed by atoms with E-state index in [1.807, 2.05) is 6.07 Å². The Morgan fingerprint density at radius 1 is 1.35 bits per heavy atom. The lowest BCUT2D eigenvalue weighted by atomic mass is 9.75. The number of aliphatic carboxylic acids is 1. The molecule has 1 saturated heterocycles. The summed E-state index contributed by atoms with van der Waals surface area (Å²) in [7, 11) is 0. The van der Waals surface area contributed by atoms with Crippen molar-refractivity contribution in [3.05, 3.63) is 23.3 Å². The van der Waals surface area contributed by atoms with E-state index in [0.29, 0.717) is 12.0 Å². The number of carboxylic acid groups (broad SMARTS) is 1. The van der Waals surface area contributed by atoms with E-state index < -0.39 is 18.6 Å². The molecule has 1 heterocycles. The van der Waals surface area contributed by atoms with Gasteiger partial charge in [-0.15, -0.1) is 0 Å². The molecule has 1 fully saturated rings. The van der Waals surface area contributed by atoms with Gasteiger partial charge in [-0.25, -0.2) is 4.79 Å². The van der Waals surface area contributed by atoms with Crippen LogP contribution in [-0.2, 0) is 17.6 Å². The van der Waals surface area contributed by atoms with Crippen LogP contribution in [0.4, 0.5) is 4.79 Å². The van der Waals surface area contributed by atoms with Crippen molar-refractivity contribution in [3.63, 3.8) is 0 Å². The van der Waals surface area contributed by atoms with Crippen LogP contribution in [0.15, 0.2) is 12.1 Å². The van der Waals surface area contributed by atoms with Gasteiger partial charge in [-0.1, -0.05) is 13.0 Å². The van der Waals surface area contributed by atoms with Crippen molar-refractivity contribution in [3.8, 4) is 11.5 Å². The normalized spacial score (nSPS) is 22.2. The quantitative estimate of drug-likeness (QED) is 0.742. The highest BCUT2D eigenvalue weighted by molar-refractivity contribution is 5.78. The molecule has 1 aliphatic heterocycles. The molecule has 1 amide bonds. The Kier molecular flexibility index (Phi) is 5.66. The minimum Gasteiger partial charge on any atom is -0.504 e. The number of rotatable bonds is 5. The SMILES string of the molecule is CCCN1CCC[C@@H]2Cc3c(ccc(O)c3OC(=O)NCC(=O)O)C[C@H]21. The molecule has 7 nitrogen and oxygen atoms in total. The van der Waals surface area contributed by atoms with Gasteiger partial charge in [0.05, 0.1) is 0 Å². The predicted molar refractivity (Wildman–Crippen MR) is 95.6 cm³/mol. The second-order valence-electron chi connectivity index (χ2n) is 7.10. The highest BCUT2D eigenvalue weighted by atomic mass is 16.6. The summed E-state index contributed by atoms with van der Waals surface area (Å²) >= 11 is 0. The summed E-state index contributed by atoms with van der Waals surface area (Å²) in [6.07, 6.45) is 4.19. The van der Waals surface area contributed by atoms with E-state index in [1.54, 1.807) is 6.07 Å². The number of fused-ring (bicyclic) bond motifs is 2.